The molecule has 2 aromatic rings. The molecule has 0 N–H and O–H groups in total. The van der Waals surface area contributed by atoms with Crippen LogP contribution in [0, 0.1) is 31.6 Å². The lowest BCUT2D eigenvalue weighted by Crippen LogP contribution is -2.52. The first-order chi connectivity index (χ1) is 15.2. The van der Waals surface area contributed by atoms with Gasteiger partial charge in [-0.15, -0.1) is 0 Å². The van der Waals surface area contributed by atoms with E-state index < -0.39 is 12.1 Å². The van der Waals surface area contributed by atoms with Crippen LogP contribution in [-0.4, -0.2) is 29.0 Å². The zero-order valence-corrected chi connectivity index (χ0v) is 18.5. The van der Waals surface area contributed by atoms with Crippen molar-refractivity contribution in [2.45, 2.75) is 70.6 Å². The number of alkyl halides is 3. The quantitative estimate of drug-likeness (QED) is 0.475. The SMILES string of the molecule is Cc1cc(-c2noc(C(F)(F)F)n2)cc(C)c1OCCCOC12CC3CC(CC(C3)C1)C2. The lowest BCUT2D eigenvalue weighted by Gasteiger charge is -2.56. The zero-order valence-electron chi connectivity index (χ0n) is 18.5. The van der Waals surface area contributed by atoms with E-state index >= 15 is 0 Å². The van der Waals surface area contributed by atoms with Crippen LogP contribution in [0.3, 0.4) is 0 Å². The molecule has 0 aliphatic heterocycles. The molecule has 4 saturated carbocycles. The molecule has 32 heavy (non-hydrogen) atoms. The van der Waals surface area contributed by atoms with E-state index in [1.807, 2.05) is 13.8 Å². The van der Waals surface area contributed by atoms with E-state index in [0.29, 0.717) is 18.8 Å². The Bertz CT molecular complexity index is 927. The van der Waals surface area contributed by atoms with Crippen molar-refractivity contribution in [1.82, 2.24) is 10.1 Å². The summed E-state index contributed by atoms with van der Waals surface area (Å²) >= 11 is 0. The van der Waals surface area contributed by atoms with E-state index in [0.717, 1.165) is 41.1 Å². The summed E-state index contributed by atoms with van der Waals surface area (Å²) < 4.78 is 55.0. The summed E-state index contributed by atoms with van der Waals surface area (Å²) in [5.74, 6) is 1.91. The number of halogens is 3. The lowest BCUT2D eigenvalue weighted by molar-refractivity contribution is -0.163. The Morgan fingerprint density at radius 1 is 1.00 bits per heavy atom. The number of ether oxygens (including phenoxy) is 2. The Labute approximate surface area is 185 Å². The molecule has 1 heterocycles. The third kappa shape index (κ3) is 4.26. The van der Waals surface area contributed by atoms with Crippen molar-refractivity contribution in [3.63, 3.8) is 0 Å². The Balaban J connectivity index is 1.15. The van der Waals surface area contributed by atoms with E-state index in [2.05, 4.69) is 14.7 Å². The van der Waals surface area contributed by atoms with E-state index in [4.69, 9.17) is 9.47 Å². The summed E-state index contributed by atoms with van der Waals surface area (Å²) in [6.45, 7) is 4.96. The molecule has 6 rings (SSSR count). The van der Waals surface area contributed by atoms with Crippen LogP contribution in [0.2, 0.25) is 0 Å². The molecule has 0 atom stereocenters. The molecule has 8 heteroatoms. The standard InChI is InChI=1S/C24H29F3N2O3/c1-14-6-19(21-28-22(32-29-21)24(25,26)27)7-15(2)20(14)30-4-3-5-31-23-11-16-8-17(12-23)10-18(9-16)13-23/h6-7,16-18H,3-5,8-13H2,1-2H3. The smallest absolute Gasteiger partial charge is 0.471 e. The van der Waals surface area contributed by atoms with Crippen molar-refractivity contribution in [2.24, 2.45) is 17.8 Å². The fourth-order valence-electron chi connectivity index (χ4n) is 6.49. The van der Waals surface area contributed by atoms with Gasteiger partial charge in [0, 0.05) is 12.0 Å². The van der Waals surface area contributed by atoms with Gasteiger partial charge in [0.1, 0.15) is 5.75 Å². The number of rotatable bonds is 7. The first-order valence-electron chi connectivity index (χ1n) is 11.5. The van der Waals surface area contributed by atoms with Gasteiger partial charge in [-0.1, -0.05) is 5.16 Å². The van der Waals surface area contributed by atoms with Crippen LogP contribution in [0.4, 0.5) is 13.2 Å². The lowest BCUT2D eigenvalue weighted by atomic mass is 9.54. The topological polar surface area (TPSA) is 57.4 Å². The fraction of sp³-hybridized carbons (Fsp3) is 0.667. The number of aromatic nitrogens is 2. The van der Waals surface area contributed by atoms with Gasteiger partial charge >= 0.3 is 12.1 Å². The Morgan fingerprint density at radius 3 is 2.12 bits per heavy atom. The molecule has 0 amide bonds. The van der Waals surface area contributed by atoms with Crippen molar-refractivity contribution >= 4 is 0 Å². The second-order valence-corrected chi connectivity index (χ2v) is 10.0. The highest BCUT2D eigenvalue weighted by molar-refractivity contribution is 5.61. The number of hydrogen-bond donors (Lipinski definition) is 0. The molecular weight excluding hydrogens is 421 g/mol. The van der Waals surface area contributed by atoms with Gasteiger partial charge in [0.15, 0.2) is 0 Å². The first-order valence-corrected chi connectivity index (χ1v) is 11.5. The van der Waals surface area contributed by atoms with Gasteiger partial charge in [-0.05, 0) is 93.4 Å². The zero-order chi connectivity index (χ0) is 22.5. The van der Waals surface area contributed by atoms with Crippen LogP contribution in [0.15, 0.2) is 16.7 Å². The number of nitrogens with zero attached hydrogens (tertiary/aromatic N) is 2. The van der Waals surface area contributed by atoms with Crippen LogP contribution >= 0.6 is 0 Å². The fourth-order valence-corrected chi connectivity index (χ4v) is 6.49. The second-order valence-electron chi connectivity index (χ2n) is 10.0. The summed E-state index contributed by atoms with van der Waals surface area (Å²) in [5.41, 5.74) is 2.22. The van der Waals surface area contributed by atoms with Gasteiger partial charge in [0.2, 0.25) is 5.82 Å². The molecule has 1 aromatic carbocycles. The maximum absolute atomic E-state index is 12.7. The highest BCUT2D eigenvalue weighted by Crippen LogP contribution is 2.57. The van der Waals surface area contributed by atoms with Crippen LogP contribution in [-0.2, 0) is 10.9 Å². The largest absolute Gasteiger partial charge is 0.493 e. The normalized spacial score (nSPS) is 29.0. The summed E-state index contributed by atoms with van der Waals surface area (Å²) in [6, 6.07) is 3.44. The molecule has 0 saturated heterocycles. The van der Waals surface area contributed by atoms with E-state index in [1.54, 1.807) is 12.1 Å². The van der Waals surface area contributed by atoms with Gasteiger partial charge in [-0.2, -0.15) is 18.2 Å². The van der Waals surface area contributed by atoms with Gasteiger partial charge in [0.05, 0.1) is 18.8 Å². The second kappa shape index (κ2) is 8.04. The number of benzene rings is 1. The minimum absolute atomic E-state index is 0.0842. The average molecular weight is 451 g/mol. The van der Waals surface area contributed by atoms with Crippen molar-refractivity contribution in [3.8, 4) is 17.1 Å². The van der Waals surface area contributed by atoms with Crippen molar-refractivity contribution < 1.29 is 27.2 Å². The predicted octanol–water partition coefficient (Wildman–Crippen LogP) is 6.13. The first kappa shape index (κ1) is 21.7. The highest BCUT2D eigenvalue weighted by Gasteiger charge is 2.51. The molecule has 5 nitrogen and oxygen atoms in total. The maximum atomic E-state index is 12.7. The van der Waals surface area contributed by atoms with Gasteiger partial charge < -0.3 is 14.0 Å². The van der Waals surface area contributed by atoms with Gasteiger partial charge in [-0.25, -0.2) is 0 Å². The summed E-state index contributed by atoms with van der Waals surface area (Å²) in [5, 5.41) is 3.47. The molecule has 0 unspecified atom stereocenters. The molecule has 174 valence electrons. The van der Waals surface area contributed by atoms with Crippen molar-refractivity contribution in [2.75, 3.05) is 13.2 Å². The Kier molecular flexibility index (Phi) is 5.47. The molecule has 4 fully saturated rings. The molecular formula is C24H29F3N2O3. The Morgan fingerprint density at radius 2 is 1.59 bits per heavy atom. The molecule has 4 aliphatic rings. The third-order valence-electron chi connectivity index (χ3n) is 7.31. The third-order valence-corrected chi connectivity index (χ3v) is 7.31. The number of hydrogen-bond acceptors (Lipinski definition) is 5. The van der Waals surface area contributed by atoms with E-state index in [-0.39, 0.29) is 11.4 Å². The van der Waals surface area contributed by atoms with Gasteiger partial charge in [0.25, 0.3) is 0 Å². The summed E-state index contributed by atoms with van der Waals surface area (Å²) in [7, 11) is 0. The maximum Gasteiger partial charge on any atom is 0.471 e. The molecule has 4 bridgehead atoms. The predicted molar refractivity (Wildman–Crippen MR) is 111 cm³/mol. The van der Waals surface area contributed by atoms with E-state index in [9.17, 15) is 13.2 Å². The molecule has 0 spiro atoms. The van der Waals surface area contributed by atoms with E-state index in [1.165, 1.54) is 38.5 Å². The van der Waals surface area contributed by atoms with Gasteiger partial charge in [-0.3, -0.25) is 0 Å². The molecule has 1 aromatic heterocycles. The minimum atomic E-state index is -4.66. The van der Waals surface area contributed by atoms with Crippen molar-refractivity contribution in [1.29, 1.82) is 0 Å². The number of aryl methyl sites for hydroxylation is 2. The average Bonchev–Trinajstić information content (AvgIpc) is 3.19. The van der Waals surface area contributed by atoms with Crippen LogP contribution in [0.5, 0.6) is 5.75 Å². The highest BCUT2D eigenvalue weighted by atomic mass is 19.4. The van der Waals surface area contributed by atoms with Crippen LogP contribution in [0.1, 0.15) is 62.0 Å². The van der Waals surface area contributed by atoms with Crippen LogP contribution < -0.4 is 4.74 Å². The van der Waals surface area contributed by atoms with Crippen LogP contribution in [0.25, 0.3) is 11.4 Å². The minimum Gasteiger partial charge on any atom is -0.493 e. The molecule has 0 radical (unpaired) electrons. The monoisotopic (exact) mass is 450 g/mol. The summed E-state index contributed by atoms with van der Waals surface area (Å²) in [4.78, 5) is 3.47. The molecule has 4 aliphatic carbocycles. The van der Waals surface area contributed by atoms with Crippen molar-refractivity contribution in [3.05, 3.63) is 29.2 Å². The Hall–Kier alpha value is -2.09. The summed E-state index contributed by atoms with van der Waals surface area (Å²) in [6.07, 6.45) is 4.05.